The van der Waals surface area contributed by atoms with E-state index in [2.05, 4.69) is 30.9 Å². The highest BCUT2D eigenvalue weighted by Gasteiger charge is 2.47. The predicted molar refractivity (Wildman–Crippen MR) is 153 cm³/mol. The molecule has 0 saturated carbocycles. The highest BCUT2D eigenvalue weighted by molar-refractivity contribution is 5.92. The van der Waals surface area contributed by atoms with Crippen molar-refractivity contribution >= 4 is 40.2 Å². The number of likely N-dealkylation sites (N-methyl/N-ethyl adjacent to an activating group) is 1. The van der Waals surface area contributed by atoms with Gasteiger partial charge in [-0.1, -0.05) is 0 Å². The summed E-state index contributed by atoms with van der Waals surface area (Å²) in [7, 11) is 3.04. The van der Waals surface area contributed by atoms with Crippen molar-refractivity contribution < 1.29 is 38.7 Å². The zero-order valence-corrected chi connectivity index (χ0v) is 23.6. The molecule has 0 aliphatic carbocycles. The summed E-state index contributed by atoms with van der Waals surface area (Å²) >= 11 is 0. The highest BCUT2D eigenvalue weighted by Crippen LogP contribution is 2.33. The van der Waals surface area contributed by atoms with Gasteiger partial charge in [0.25, 0.3) is 11.8 Å². The normalized spacial score (nSPS) is 19.6. The Morgan fingerprint density at radius 1 is 0.977 bits per heavy atom. The number of amides is 2. The van der Waals surface area contributed by atoms with Crippen molar-refractivity contribution in [2.24, 2.45) is 0 Å². The van der Waals surface area contributed by atoms with E-state index in [-0.39, 0.29) is 12.5 Å². The first-order valence-corrected chi connectivity index (χ1v) is 13.3. The van der Waals surface area contributed by atoms with Gasteiger partial charge in [-0.2, -0.15) is 0 Å². The largest absolute Gasteiger partial charge is 0.493 e. The van der Waals surface area contributed by atoms with Crippen LogP contribution in [0.2, 0.25) is 0 Å². The van der Waals surface area contributed by atoms with Crippen LogP contribution in [0.4, 0.5) is 17.2 Å². The molecular weight excluding hydrogens is 562 g/mol. The molecule has 15 heteroatoms. The third kappa shape index (κ3) is 6.28. The number of rotatable bonds is 11. The number of benzene rings is 2. The van der Waals surface area contributed by atoms with Crippen LogP contribution in [-0.2, 0) is 14.3 Å². The minimum atomic E-state index is -1.42. The lowest BCUT2D eigenvalue weighted by Gasteiger charge is -2.16. The summed E-state index contributed by atoms with van der Waals surface area (Å²) in [6, 6.07) is 11.9. The number of ether oxygens (including phenoxy) is 4. The van der Waals surface area contributed by atoms with Gasteiger partial charge in [0, 0.05) is 24.0 Å². The molecule has 1 saturated heterocycles. The first-order valence-electron chi connectivity index (χ1n) is 13.3. The number of aliphatic hydroxyl groups excluding tert-OH is 2. The van der Waals surface area contributed by atoms with Crippen molar-refractivity contribution in [3.63, 3.8) is 0 Å². The summed E-state index contributed by atoms with van der Waals surface area (Å²) in [4.78, 5) is 37.5. The molecule has 0 spiro atoms. The average Bonchev–Trinajstić information content (AvgIpc) is 3.57. The van der Waals surface area contributed by atoms with E-state index in [1.165, 1.54) is 31.4 Å². The number of fused-ring (bicyclic) bond motifs is 1. The molecule has 4 atom stereocenters. The van der Waals surface area contributed by atoms with Crippen LogP contribution in [0.1, 0.15) is 13.2 Å². The number of hydrogen-bond donors (Lipinski definition) is 5. The maximum Gasteiger partial charge on any atom is 0.262 e. The second-order valence-corrected chi connectivity index (χ2v) is 9.43. The summed E-state index contributed by atoms with van der Waals surface area (Å²) in [5.74, 6) is 1.01. The van der Waals surface area contributed by atoms with Crippen LogP contribution in [-0.4, -0.2) is 87.2 Å². The van der Waals surface area contributed by atoms with Crippen molar-refractivity contribution in [2.45, 2.75) is 31.5 Å². The molecule has 15 nitrogen and oxygen atoms in total. The van der Waals surface area contributed by atoms with Crippen LogP contribution >= 0.6 is 0 Å². The number of anilines is 3. The Morgan fingerprint density at radius 2 is 1.72 bits per heavy atom. The number of nitrogens with one attached hydrogen (secondary N) is 3. The number of carbonyl (C=O) groups excluding carboxylic acids is 2. The SMILES string of the molecule is CCNC(=O)[C@H]1O[C@@H](n2cnc3c(Nc4ccc(OCC(=O)Nc5ccc(OC)c(OC)c5)cc4)ncnc32)[C@H](O)[C@@H]1O. The second kappa shape index (κ2) is 12.9. The number of aromatic nitrogens is 4. The lowest BCUT2D eigenvalue weighted by atomic mass is 10.1. The molecule has 4 aromatic rings. The standard InChI is InChI=1S/C28H31N7O8/c1-4-29-27(39)24-22(37)23(38)28(43-24)35-14-32-21-25(30-13-31-26(21)35)34-15-5-8-17(9-6-15)42-12-20(36)33-16-7-10-18(40-2)19(11-16)41-3/h5-11,13-14,22-24,28,37-38H,4,12H2,1-3H3,(H,29,39)(H,33,36)(H,30,31,34)/t22-,23+,24-,28+/m0/s1. The van der Waals surface area contributed by atoms with Crippen LogP contribution in [0.3, 0.4) is 0 Å². The molecular formula is C28H31N7O8. The smallest absolute Gasteiger partial charge is 0.262 e. The van der Waals surface area contributed by atoms with Gasteiger partial charge >= 0.3 is 0 Å². The molecule has 2 aromatic carbocycles. The van der Waals surface area contributed by atoms with Crippen LogP contribution in [0.5, 0.6) is 17.2 Å². The first-order chi connectivity index (χ1) is 20.8. The fraction of sp³-hybridized carbons (Fsp3) is 0.321. The fourth-order valence-electron chi connectivity index (χ4n) is 4.54. The van der Waals surface area contributed by atoms with E-state index in [9.17, 15) is 19.8 Å². The summed E-state index contributed by atoms with van der Waals surface area (Å²) < 4.78 is 23.2. The van der Waals surface area contributed by atoms with Gasteiger partial charge in [0.1, 0.15) is 24.3 Å². The van der Waals surface area contributed by atoms with Gasteiger partial charge in [-0.25, -0.2) is 15.0 Å². The molecule has 1 aliphatic heterocycles. The van der Waals surface area contributed by atoms with Crippen LogP contribution < -0.4 is 30.2 Å². The zero-order valence-electron chi connectivity index (χ0n) is 23.6. The van der Waals surface area contributed by atoms with Gasteiger partial charge in [0.05, 0.1) is 20.5 Å². The molecule has 5 N–H and O–H groups in total. The number of aliphatic hydroxyl groups is 2. The van der Waals surface area contributed by atoms with E-state index >= 15 is 0 Å². The molecule has 1 aliphatic rings. The maximum absolute atomic E-state index is 12.4. The molecule has 0 bridgehead atoms. The Kier molecular flexibility index (Phi) is 8.85. The van der Waals surface area contributed by atoms with E-state index in [0.29, 0.717) is 52.1 Å². The van der Waals surface area contributed by atoms with Crippen LogP contribution in [0, 0.1) is 0 Å². The number of methoxy groups -OCH3 is 2. The molecule has 1 fully saturated rings. The van der Waals surface area contributed by atoms with Crippen molar-refractivity contribution in [1.29, 1.82) is 0 Å². The van der Waals surface area contributed by atoms with E-state index in [1.54, 1.807) is 49.4 Å². The molecule has 43 heavy (non-hydrogen) atoms. The van der Waals surface area contributed by atoms with Crippen LogP contribution in [0.15, 0.2) is 55.1 Å². The number of imidazole rings is 1. The van der Waals surface area contributed by atoms with Gasteiger partial charge in [-0.15, -0.1) is 0 Å². The number of nitrogens with zero attached hydrogens (tertiary/aromatic N) is 4. The Hall–Kier alpha value is -4.99. The van der Waals surface area contributed by atoms with Crippen molar-refractivity contribution in [1.82, 2.24) is 24.8 Å². The van der Waals surface area contributed by atoms with Gasteiger partial charge in [-0.05, 0) is 43.3 Å². The lowest BCUT2D eigenvalue weighted by Crippen LogP contribution is -2.42. The molecule has 3 heterocycles. The van der Waals surface area contributed by atoms with Gasteiger partial charge in [0.15, 0.2) is 47.4 Å². The van der Waals surface area contributed by atoms with E-state index in [1.807, 2.05) is 0 Å². The minimum Gasteiger partial charge on any atom is -0.493 e. The Morgan fingerprint density at radius 3 is 2.44 bits per heavy atom. The molecule has 0 unspecified atom stereocenters. The van der Waals surface area contributed by atoms with Gasteiger partial charge in [-0.3, -0.25) is 14.2 Å². The second-order valence-electron chi connectivity index (χ2n) is 9.43. The van der Waals surface area contributed by atoms with E-state index in [4.69, 9.17) is 18.9 Å². The summed E-state index contributed by atoms with van der Waals surface area (Å²) in [6.07, 6.45) is -2.42. The Bertz CT molecular complexity index is 1600. The molecule has 2 amide bonds. The van der Waals surface area contributed by atoms with Gasteiger partial charge < -0.3 is 45.1 Å². The highest BCUT2D eigenvalue weighted by atomic mass is 16.6. The van der Waals surface area contributed by atoms with Crippen molar-refractivity contribution in [2.75, 3.05) is 38.0 Å². The summed E-state index contributed by atoms with van der Waals surface area (Å²) in [6.45, 7) is 1.88. The first kappa shape index (κ1) is 29.5. The van der Waals surface area contributed by atoms with Crippen molar-refractivity contribution in [3.05, 3.63) is 55.1 Å². The monoisotopic (exact) mass is 593 g/mol. The number of hydrogen-bond acceptors (Lipinski definition) is 12. The fourth-order valence-corrected chi connectivity index (χ4v) is 4.54. The van der Waals surface area contributed by atoms with Crippen LogP contribution in [0.25, 0.3) is 11.2 Å². The number of carbonyl (C=O) groups is 2. The third-order valence-electron chi connectivity index (χ3n) is 6.63. The third-order valence-corrected chi connectivity index (χ3v) is 6.63. The lowest BCUT2D eigenvalue weighted by molar-refractivity contribution is -0.137. The topological polar surface area (TPSA) is 191 Å². The Labute approximate surface area is 245 Å². The summed E-state index contributed by atoms with van der Waals surface area (Å²) in [5, 5.41) is 29.5. The molecule has 0 radical (unpaired) electrons. The average molecular weight is 594 g/mol. The summed E-state index contributed by atoms with van der Waals surface area (Å²) in [5.41, 5.74) is 1.89. The van der Waals surface area contributed by atoms with Gasteiger partial charge in [0.2, 0.25) is 0 Å². The molecule has 5 rings (SSSR count). The quantitative estimate of drug-likeness (QED) is 0.168. The predicted octanol–water partition coefficient (Wildman–Crippen LogP) is 1.36. The maximum atomic E-state index is 12.4. The minimum absolute atomic E-state index is 0.212. The molecule has 226 valence electrons. The Balaban J connectivity index is 1.21. The van der Waals surface area contributed by atoms with Crippen molar-refractivity contribution in [3.8, 4) is 17.2 Å². The zero-order chi connectivity index (χ0) is 30.5. The van der Waals surface area contributed by atoms with E-state index in [0.717, 1.165) is 0 Å². The molecule has 2 aromatic heterocycles. The van der Waals surface area contributed by atoms with E-state index < -0.39 is 30.4 Å².